The van der Waals surface area contributed by atoms with Crippen molar-refractivity contribution in [1.29, 1.82) is 0 Å². The summed E-state index contributed by atoms with van der Waals surface area (Å²) in [5, 5.41) is 3.45. The van der Waals surface area contributed by atoms with E-state index in [4.69, 9.17) is 11.6 Å². The lowest BCUT2D eigenvalue weighted by Gasteiger charge is -2.33. The molecule has 0 heterocycles. The van der Waals surface area contributed by atoms with Crippen molar-refractivity contribution in [3.63, 3.8) is 0 Å². The van der Waals surface area contributed by atoms with Crippen LogP contribution in [0.25, 0.3) is 0 Å². The normalized spacial score (nSPS) is 12.2. The number of anilines is 1. The van der Waals surface area contributed by atoms with Crippen molar-refractivity contribution in [3.05, 3.63) is 94.0 Å². The van der Waals surface area contributed by atoms with Gasteiger partial charge in [0.05, 0.1) is 10.6 Å². The van der Waals surface area contributed by atoms with Crippen LogP contribution in [0.15, 0.2) is 71.6 Å². The van der Waals surface area contributed by atoms with Gasteiger partial charge in [0.15, 0.2) is 0 Å². The third-order valence-electron chi connectivity index (χ3n) is 6.47. The summed E-state index contributed by atoms with van der Waals surface area (Å²) in [5.41, 5.74) is 3.81. The third-order valence-corrected chi connectivity index (χ3v) is 8.51. The van der Waals surface area contributed by atoms with Crippen molar-refractivity contribution in [2.75, 3.05) is 10.8 Å². The van der Waals surface area contributed by atoms with Gasteiger partial charge in [-0.3, -0.25) is 13.9 Å². The highest BCUT2D eigenvalue weighted by molar-refractivity contribution is 7.92. The smallest absolute Gasteiger partial charge is 0.264 e. The van der Waals surface area contributed by atoms with E-state index in [0.29, 0.717) is 17.1 Å². The highest BCUT2D eigenvalue weighted by Gasteiger charge is 2.34. The van der Waals surface area contributed by atoms with Gasteiger partial charge in [0.25, 0.3) is 10.0 Å². The summed E-state index contributed by atoms with van der Waals surface area (Å²) in [4.78, 5) is 28.9. The first-order valence-corrected chi connectivity index (χ1v) is 15.2. The number of nitrogens with zero attached hydrogens (tertiary/aromatic N) is 2. The Morgan fingerprint density at radius 2 is 1.45 bits per heavy atom. The molecule has 0 spiro atoms. The van der Waals surface area contributed by atoms with Gasteiger partial charge in [0.2, 0.25) is 11.8 Å². The summed E-state index contributed by atoms with van der Waals surface area (Å²) >= 11 is 6.07. The van der Waals surface area contributed by atoms with Gasteiger partial charge in [-0.25, -0.2) is 8.42 Å². The van der Waals surface area contributed by atoms with Crippen LogP contribution in [0.4, 0.5) is 5.69 Å². The first kappa shape index (κ1) is 31.2. The van der Waals surface area contributed by atoms with Crippen molar-refractivity contribution in [1.82, 2.24) is 10.2 Å². The van der Waals surface area contributed by atoms with E-state index in [1.165, 1.54) is 4.90 Å². The Hall–Kier alpha value is -3.36. The number of hydrogen-bond donors (Lipinski definition) is 1. The highest BCUT2D eigenvalue weighted by Crippen LogP contribution is 2.27. The van der Waals surface area contributed by atoms with E-state index in [2.05, 4.69) is 5.32 Å². The molecule has 1 atom stereocenters. The zero-order valence-corrected chi connectivity index (χ0v) is 25.5. The Kier molecular flexibility index (Phi) is 10.4. The first-order valence-electron chi connectivity index (χ1n) is 13.3. The molecule has 0 aromatic heterocycles. The molecule has 0 aliphatic rings. The maximum absolute atomic E-state index is 14.1. The Balaban J connectivity index is 2.09. The molecular formula is C31H38ClN3O4S. The van der Waals surface area contributed by atoms with Crippen LogP contribution in [0.3, 0.4) is 0 Å². The second kappa shape index (κ2) is 13.3. The van der Waals surface area contributed by atoms with Crippen LogP contribution >= 0.6 is 11.6 Å². The van der Waals surface area contributed by atoms with Crippen molar-refractivity contribution < 1.29 is 18.0 Å². The molecule has 9 heteroatoms. The van der Waals surface area contributed by atoms with Gasteiger partial charge < -0.3 is 10.2 Å². The quantitative estimate of drug-likeness (QED) is 0.309. The molecule has 0 radical (unpaired) electrons. The van der Waals surface area contributed by atoms with E-state index in [1.807, 2.05) is 47.6 Å². The van der Waals surface area contributed by atoms with E-state index >= 15 is 0 Å². The minimum absolute atomic E-state index is 0.0823. The molecule has 0 aliphatic heterocycles. The van der Waals surface area contributed by atoms with E-state index < -0.39 is 28.5 Å². The Morgan fingerprint density at radius 3 is 1.98 bits per heavy atom. The summed E-state index contributed by atoms with van der Waals surface area (Å²) in [7, 11) is -4.12. The van der Waals surface area contributed by atoms with Gasteiger partial charge in [-0.05, 0) is 94.1 Å². The van der Waals surface area contributed by atoms with Crippen LogP contribution in [0.1, 0.15) is 49.4 Å². The molecule has 0 bridgehead atoms. The average molecular weight is 584 g/mol. The van der Waals surface area contributed by atoms with Gasteiger partial charge in [-0.15, -0.1) is 0 Å². The summed E-state index contributed by atoms with van der Waals surface area (Å²) in [6, 6.07) is 18.1. The number of hydrogen-bond acceptors (Lipinski definition) is 4. The van der Waals surface area contributed by atoms with E-state index in [1.54, 1.807) is 60.7 Å². The lowest BCUT2D eigenvalue weighted by atomic mass is 10.1. The monoisotopic (exact) mass is 583 g/mol. The lowest BCUT2D eigenvalue weighted by molar-refractivity contribution is -0.140. The largest absolute Gasteiger partial charge is 0.352 e. The Morgan fingerprint density at radius 1 is 0.875 bits per heavy atom. The van der Waals surface area contributed by atoms with Gasteiger partial charge in [-0.2, -0.15) is 0 Å². The molecule has 0 fully saturated rings. The molecule has 0 saturated carbocycles. The van der Waals surface area contributed by atoms with Crippen LogP contribution < -0.4 is 9.62 Å². The molecule has 3 aromatic rings. The summed E-state index contributed by atoms with van der Waals surface area (Å²) in [5.74, 6) is -0.783. The van der Waals surface area contributed by atoms with Crippen molar-refractivity contribution in [3.8, 4) is 0 Å². The topological polar surface area (TPSA) is 86.8 Å². The fraction of sp³-hybridized carbons (Fsp3) is 0.355. The third kappa shape index (κ3) is 7.86. The number of carbonyl (C=O) groups is 2. The van der Waals surface area contributed by atoms with Gasteiger partial charge in [0.1, 0.15) is 12.6 Å². The minimum atomic E-state index is -4.12. The van der Waals surface area contributed by atoms with Crippen LogP contribution in [0, 0.1) is 20.8 Å². The average Bonchev–Trinajstić information content (AvgIpc) is 2.87. The number of carbonyl (C=O) groups excluding carboxylic acids is 2. The maximum atomic E-state index is 14.1. The van der Waals surface area contributed by atoms with E-state index in [9.17, 15) is 18.0 Å². The first-order chi connectivity index (χ1) is 18.8. The number of amides is 2. The van der Waals surface area contributed by atoms with Crippen LogP contribution in [0.2, 0.25) is 5.02 Å². The zero-order chi connectivity index (χ0) is 29.6. The van der Waals surface area contributed by atoms with Crippen molar-refractivity contribution in [2.45, 2.75) is 71.5 Å². The SMILES string of the molecule is CCC(C(=O)NC(C)C)N(Cc1ccc(Cl)cc1)C(=O)CN(c1cc(C)cc(C)c1)S(=O)(=O)c1ccc(C)cc1. The number of sulfonamides is 1. The van der Waals surface area contributed by atoms with E-state index in [0.717, 1.165) is 26.6 Å². The number of aryl methyl sites for hydroxylation is 3. The molecule has 3 rings (SSSR count). The van der Waals surface area contributed by atoms with Gasteiger partial charge in [0, 0.05) is 17.6 Å². The van der Waals surface area contributed by atoms with Crippen molar-refractivity contribution in [2.24, 2.45) is 0 Å². The van der Waals surface area contributed by atoms with Crippen LogP contribution in [-0.2, 0) is 26.2 Å². The molecule has 40 heavy (non-hydrogen) atoms. The molecule has 2 amide bonds. The predicted octanol–water partition coefficient (Wildman–Crippen LogP) is 5.79. The number of benzene rings is 3. The predicted molar refractivity (Wildman–Crippen MR) is 161 cm³/mol. The van der Waals surface area contributed by atoms with Gasteiger partial charge >= 0.3 is 0 Å². The highest BCUT2D eigenvalue weighted by atomic mass is 35.5. The standard InChI is InChI=1S/C31H38ClN3O4S/c1-7-29(31(37)33-21(2)3)34(19-25-10-12-26(32)13-11-25)30(36)20-35(27-17-23(5)16-24(6)18-27)40(38,39)28-14-8-22(4)9-15-28/h8-18,21,29H,7,19-20H2,1-6H3,(H,33,37). The van der Waals surface area contributed by atoms with Gasteiger partial charge in [-0.1, -0.05) is 54.4 Å². The minimum Gasteiger partial charge on any atom is -0.352 e. The summed E-state index contributed by atoms with van der Waals surface area (Å²) in [6.45, 7) is 10.8. The number of rotatable bonds is 11. The molecule has 1 unspecified atom stereocenters. The number of nitrogens with one attached hydrogen (secondary N) is 1. The lowest BCUT2D eigenvalue weighted by Crippen LogP contribution is -2.53. The summed E-state index contributed by atoms with van der Waals surface area (Å²) < 4.78 is 29.1. The molecular weight excluding hydrogens is 546 g/mol. The second-order valence-electron chi connectivity index (χ2n) is 10.4. The number of halogens is 1. The Labute approximate surface area is 243 Å². The summed E-state index contributed by atoms with van der Waals surface area (Å²) in [6.07, 6.45) is 0.353. The molecule has 0 saturated heterocycles. The van der Waals surface area contributed by atoms with E-state index in [-0.39, 0.29) is 23.4 Å². The molecule has 214 valence electrons. The molecule has 7 nitrogen and oxygen atoms in total. The second-order valence-corrected chi connectivity index (χ2v) is 12.7. The molecule has 1 N–H and O–H groups in total. The molecule has 3 aromatic carbocycles. The van der Waals surface area contributed by atoms with Crippen LogP contribution in [0.5, 0.6) is 0 Å². The fourth-order valence-electron chi connectivity index (χ4n) is 4.55. The maximum Gasteiger partial charge on any atom is 0.264 e. The van der Waals surface area contributed by atoms with Crippen LogP contribution in [-0.4, -0.2) is 43.8 Å². The zero-order valence-electron chi connectivity index (χ0n) is 23.9. The van der Waals surface area contributed by atoms with Crippen molar-refractivity contribution >= 4 is 39.1 Å². The molecule has 0 aliphatic carbocycles. The fourth-order valence-corrected chi connectivity index (χ4v) is 6.07. The Bertz CT molecular complexity index is 1420.